The van der Waals surface area contributed by atoms with Crippen molar-refractivity contribution < 1.29 is 23.6 Å². The fourth-order valence-electron chi connectivity index (χ4n) is 4.97. The number of para-hydroxylation sites is 1. The largest absolute Gasteiger partial charge is 0.485 e. The molecule has 230 valence electrons. The smallest absolute Gasteiger partial charge is 0.255 e. The summed E-state index contributed by atoms with van der Waals surface area (Å²) < 4.78 is 11.2. The first kappa shape index (κ1) is 31.7. The molecule has 2 aromatic heterocycles. The summed E-state index contributed by atoms with van der Waals surface area (Å²) in [5.74, 6) is 0.456. The molecule has 2 N–H and O–H groups in total. The fraction of sp³-hybridized carbons (Fsp3) is 0.500. The van der Waals surface area contributed by atoms with E-state index in [2.05, 4.69) is 25.8 Å². The highest BCUT2D eigenvalue weighted by Crippen LogP contribution is 2.24. The number of pyridine rings is 1. The van der Waals surface area contributed by atoms with E-state index >= 15 is 0 Å². The minimum Gasteiger partial charge on any atom is -0.485 e. The Hall–Kier alpha value is -4.28. The number of carbonyl (C=O) groups is 3. The van der Waals surface area contributed by atoms with Gasteiger partial charge in [0.05, 0.1) is 5.56 Å². The van der Waals surface area contributed by atoms with Crippen LogP contribution >= 0.6 is 0 Å². The fourth-order valence-corrected chi connectivity index (χ4v) is 4.97. The van der Waals surface area contributed by atoms with Crippen LogP contribution in [0, 0.1) is 5.92 Å². The molecule has 1 saturated heterocycles. The molecule has 3 amide bonds. The molecule has 0 spiro atoms. The molecular formula is C32H42N6O5. The van der Waals surface area contributed by atoms with Crippen LogP contribution in [0.2, 0.25) is 0 Å². The van der Waals surface area contributed by atoms with Crippen LogP contribution in [0.4, 0.5) is 0 Å². The average Bonchev–Trinajstić information content (AvgIpc) is 3.66. The summed E-state index contributed by atoms with van der Waals surface area (Å²) in [6.07, 6.45) is 5.86. The third-order valence-electron chi connectivity index (χ3n) is 7.18. The van der Waals surface area contributed by atoms with Gasteiger partial charge < -0.3 is 24.8 Å². The number of benzene rings is 1. The van der Waals surface area contributed by atoms with E-state index in [1.165, 1.54) is 0 Å². The molecule has 3 heterocycles. The molecular weight excluding hydrogens is 548 g/mol. The van der Waals surface area contributed by atoms with Crippen molar-refractivity contribution in [1.82, 2.24) is 30.7 Å². The summed E-state index contributed by atoms with van der Waals surface area (Å²) in [5, 5.41) is 9.88. The summed E-state index contributed by atoms with van der Waals surface area (Å²) >= 11 is 0. The molecule has 3 aromatic rings. The lowest BCUT2D eigenvalue weighted by Crippen LogP contribution is -2.54. The van der Waals surface area contributed by atoms with Crippen molar-refractivity contribution in [2.75, 3.05) is 13.1 Å². The molecule has 0 bridgehead atoms. The van der Waals surface area contributed by atoms with E-state index < -0.39 is 18.0 Å². The lowest BCUT2D eigenvalue weighted by molar-refractivity contribution is -0.140. The van der Waals surface area contributed by atoms with Gasteiger partial charge in [0.2, 0.25) is 23.5 Å². The number of aromatic nitrogens is 3. The molecule has 1 fully saturated rings. The number of rotatable bonds is 12. The highest BCUT2D eigenvalue weighted by molar-refractivity contribution is 6.00. The van der Waals surface area contributed by atoms with Gasteiger partial charge in [-0.1, -0.05) is 58.0 Å². The van der Waals surface area contributed by atoms with E-state index in [9.17, 15) is 14.4 Å². The molecule has 0 saturated carbocycles. The van der Waals surface area contributed by atoms with Crippen LogP contribution in [0.25, 0.3) is 0 Å². The number of carbonyl (C=O) groups excluding carboxylic acids is 3. The van der Waals surface area contributed by atoms with E-state index in [1.54, 1.807) is 41.6 Å². The second-order valence-electron chi connectivity index (χ2n) is 12.3. The molecule has 0 aliphatic carbocycles. The van der Waals surface area contributed by atoms with Crippen molar-refractivity contribution in [2.24, 2.45) is 5.92 Å². The van der Waals surface area contributed by atoms with E-state index in [0.29, 0.717) is 49.8 Å². The Balaban J connectivity index is 1.41. The number of amides is 3. The van der Waals surface area contributed by atoms with Crippen LogP contribution in [0.15, 0.2) is 53.3 Å². The van der Waals surface area contributed by atoms with Crippen LogP contribution in [0.3, 0.4) is 0 Å². The third kappa shape index (κ3) is 8.62. The Bertz CT molecular complexity index is 1380. The second-order valence-corrected chi connectivity index (χ2v) is 12.3. The molecule has 43 heavy (non-hydrogen) atoms. The maximum atomic E-state index is 13.8. The van der Waals surface area contributed by atoms with Gasteiger partial charge in [-0.05, 0) is 55.4 Å². The number of hydrogen-bond acceptors (Lipinski definition) is 8. The van der Waals surface area contributed by atoms with Gasteiger partial charge in [-0.25, -0.2) is 0 Å². The zero-order chi connectivity index (χ0) is 31.0. The summed E-state index contributed by atoms with van der Waals surface area (Å²) in [4.78, 5) is 50.5. The predicted molar refractivity (Wildman–Crippen MR) is 160 cm³/mol. The first-order valence-electron chi connectivity index (χ1n) is 14.9. The van der Waals surface area contributed by atoms with Gasteiger partial charge >= 0.3 is 0 Å². The third-order valence-corrected chi connectivity index (χ3v) is 7.18. The van der Waals surface area contributed by atoms with Crippen molar-refractivity contribution in [2.45, 2.75) is 84.4 Å². The second kappa shape index (κ2) is 14.3. The number of hydrogen-bond donors (Lipinski definition) is 2. The van der Waals surface area contributed by atoms with Crippen LogP contribution in [0.5, 0.6) is 5.75 Å². The minimum atomic E-state index is -0.795. The normalized spacial score (nSPS) is 15.8. The van der Waals surface area contributed by atoms with E-state index in [0.717, 1.165) is 12.0 Å². The van der Waals surface area contributed by atoms with E-state index in [-0.39, 0.29) is 35.3 Å². The molecule has 1 aromatic carbocycles. The highest BCUT2D eigenvalue weighted by atomic mass is 16.5. The zero-order valence-corrected chi connectivity index (χ0v) is 25.6. The van der Waals surface area contributed by atoms with Crippen molar-refractivity contribution in [3.05, 3.63) is 71.6 Å². The monoisotopic (exact) mass is 590 g/mol. The molecule has 2 atom stereocenters. The molecule has 0 radical (unpaired) electrons. The van der Waals surface area contributed by atoms with E-state index in [1.807, 2.05) is 46.8 Å². The summed E-state index contributed by atoms with van der Waals surface area (Å²) in [7, 11) is 0. The molecule has 1 aliphatic rings. The van der Waals surface area contributed by atoms with Gasteiger partial charge in [0.1, 0.15) is 17.8 Å². The maximum Gasteiger partial charge on any atom is 0.255 e. The maximum absolute atomic E-state index is 13.8. The zero-order valence-electron chi connectivity index (χ0n) is 25.6. The SMILES string of the molecule is CC(C)C[C@@H](NC(=O)c1ccccc1OCc1noc(C(C)(C)C)n1)C(=O)N1CCC[C@@H]1C(=O)NCCc1cccnc1. The molecule has 11 nitrogen and oxygen atoms in total. The lowest BCUT2D eigenvalue weighted by atomic mass is 9.97. The standard InChI is InChI=1S/C32H42N6O5/c1-21(2)18-24(30(41)38-17-9-12-25(38)29(40)34-16-14-22-10-8-15-33-19-22)35-28(39)23-11-6-7-13-26(23)42-20-27-36-31(43-37-27)32(3,4)5/h6-8,10-11,13,15,19,21,24-25H,9,12,14,16-18,20H2,1-5H3,(H,34,40)(H,35,39)/t24-,25-/m1/s1. The van der Waals surface area contributed by atoms with Crippen LogP contribution in [0.1, 0.15) is 81.5 Å². The summed E-state index contributed by atoms with van der Waals surface area (Å²) in [5.41, 5.74) is 1.02. The average molecular weight is 591 g/mol. The molecule has 1 aliphatic heterocycles. The summed E-state index contributed by atoms with van der Waals surface area (Å²) in [6.45, 7) is 10.8. The van der Waals surface area contributed by atoms with Crippen molar-refractivity contribution in [3.63, 3.8) is 0 Å². The number of nitrogens with zero attached hydrogens (tertiary/aromatic N) is 4. The Morgan fingerprint density at radius 3 is 2.63 bits per heavy atom. The number of likely N-dealkylation sites (tertiary alicyclic amines) is 1. The van der Waals surface area contributed by atoms with Gasteiger partial charge in [-0.3, -0.25) is 19.4 Å². The summed E-state index contributed by atoms with van der Waals surface area (Å²) in [6, 6.07) is 9.28. The Morgan fingerprint density at radius 2 is 1.93 bits per heavy atom. The predicted octanol–water partition coefficient (Wildman–Crippen LogP) is 3.84. The minimum absolute atomic E-state index is 0.0174. The van der Waals surface area contributed by atoms with Crippen molar-refractivity contribution in [3.8, 4) is 5.75 Å². The number of ether oxygens (including phenoxy) is 1. The van der Waals surface area contributed by atoms with Crippen LogP contribution < -0.4 is 15.4 Å². The Morgan fingerprint density at radius 1 is 1.14 bits per heavy atom. The van der Waals surface area contributed by atoms with Gasteiger partial charge in [0.15, 0.2) is 6.61 Å². The molecule has 4 rings (SSSR count). The van der Waals surface area contributed by atoms with Gasteiger partial charge in [-0.15, -0.1) is 0 Å². The van der Waals surface area contributed by atoms with Gasteiger partial charge in [0.25, 0.3) is 5.91 Å². The topological polar surface area (TPSA) is 140 Å². The van der Waals surface area contributed by atoms with Crippen molar-refractivity contribution >= 4 is 17.7 Å². The van der Waals surface area contributed by atoms with Gasteiger partial charge in [-0.2, -0.15) is 4.98 Å². The lowest BCUT2D eigenvalue weighted by Gasteiger charge is -2.29. The first-order valence-corrected chi connectivity index (χ1v) is 14.9. The quantitative estimate of drug-likeness (QED) is 0.324. The Kier molecular flexibility index (Phi) is 10.5. The van der Waals surface area contributed by atoms with Crippen LogP contribution in [-0.4, -0.2) is 62.9 Å². The van der Waals surface area contributed by atoms with Crippen molar-refractivity contribution in [1.29, 1.82) is 0 Å². The molecule has 11 heteroatoms. The highest BCUT2D eigenvalue weighted by Gasteiger charge is 2.38. The number of nitrogens with one attached hydrogen (secondary N) is 2. The first-order chi connectivity index (χ1) is 20.5. The van der Waals surface area contributed by atoms with E-state index in [4.69, 9.17) is 9.26 Å². The Labute approximate surface area is 252 Å². The molecule has 0 unspecified atom stereocenters. The van der Waals surface area contributed by atoms with Crippen LogP contribution in [-0.2, 0) is 28.0 Å². The van der Waals surface area contributed by atoms with Gasteiger partial charge in [0, 0.05) is 30.9 Å².